The first-order valence-corrected chi connectivity index (χ1v) is 5.34. The Morgan fingerprint density at radius 3 is 3.12 bits per heavy atom. The van der Waals surface area contributed by atoms with E-state index >= 15 is 0 Å². The molecule has 1 aromatic heterocycles. The van der Waals surface area contributed by atoms with Crippen molar-refractivity contribution in [3.8, 4) is 0 Å². The van der Waals surface area contributed by atoms with Crippen LogP contribution >= 0.6 is 0 Å². The Balaban J connectivity index is 2.19. The fourth-order valence-electron chi connectivity index (χ4n) is 1.70. The van der Waals surface area contributed by atoms with Gasteiger partial charge in [0.15, 0.2) is 5.82 Å². The molecule has 0 spiro atoms. The highest BCUT2D eigenvalue weighted by Crippen LogP contribution is 2.10. The van der Waals surface area contributed by atoms with Gasteiger partial charge < -0.3 is 10.2 Å². The zero-order chi connectivity index (χ0) is 12.3. The van der Waals surface area contributed by atoms with E-state index < -0.39 is 11.7 Å². The first-order valence-electron chi connectivity index (χ1n) is 5.34. The molecule has 17 heavy (non-hydrogen) atoms. The second-order valence-corrected chi connectivity index (χ2v) is 3.79. The summed E-state index contributed by atoms with van der Waals surface area (Å²) in [5.41, 5.74) is -0.0466. The van der Waals surface area contributed by atoms with E-state index in [1.165, 1.54) is 17.2 Å². The highest BCUT2D eigenvalue weighted by molar-refractivity contribution is 5.96. The number of hydrogen-bond acceptors (Lipinski definition) is 3. The van der Waals surface area contributed by atoms with Crippen LogP contribution in [0.3, 0.4) is 0 Å². The SMILES string of the molecule is O=C1CN(C(=O)c2ccncc2F)CCCN1. The Hall–Kier alpha value is -1.98. The molecule has 90 valence electrons. The third-order valence-electron chi connectivity index (χ3n) is 2.55. The van der Waals surface area contributed by atoms with Crippen LogP contribution in [0.25, 0.3) is 0 Å². The molecule has 0 saturated carbocycles. The van der Waals surface area contributed by atoms with Gasteiger partial charge in [-0.05, 0) is 12.5 Å². The topological polar surface area (TPSA) is 62.3 Å². The molecule has 0 aliphatic carbocycles. The Labute approximate surface area is 97.6 Å². The van der Waals surface area contributed by atoms with Crippen LogP contribution in [0.2, 0.25) is 0 Å². The highest BCUT2D eigenvalue weighted by Gasteiger charge is 2.22. The molecule has 0 bridgehead atoms. The normalized spacial score (nSPS) is 16.3. The maximum absolute atomic E-state index is 13.4. The Morgan fingerprint density at radius 1 is 1.53 bits per heavy atom. The van der Waals surface area contributed by atoms with Crippen molar-refractivity contribution in [1.82, 2.24) is 15.2 Å². The van der Waals surface area contributed by atoms with E-state index in [1.54, 1.807) is 0 Å². The first-order chi connectivity index (χ1) is 8.18. The van der Waals surface area contributed by atoms with E-state index in [1.807, 2.05) is 0 Å². The number of rotatable bonds is 1. The van der Waals surface area contributed by atoms with Gasteiger partial charge in [-0.2, -0.15) is 0 Å². The van der Waals surface area contributed by atoms with Crippen molar-refractivity contribution in [3.05, 3.63) is 29.8 Å². The summed E-state index contributed by atoms with van der Waals surface area (Å²) in [5, 5.41) is 2.66. The summed E-state index contributed by atoms with van der Waals surface area (Å²) in [6.45, 7) is 0.960. The summed E-state index contributed by atoms with van der Waals surface area (Å²) < 4.78 is 13.4. The summed E-state index contributed by atoms with van der Waals surface area (Å²) in [6, 6.07) is 1.32. The summed E-state index contributed by atoms with van der Waals surface area (Å²) in [6.07, 6.45) is 3.02. The van der Waals surface area contributed by atoms with Crippen LogP contribution in [0.5, 0.6) is 0 Å². The van der Waals surface area contributed by atoms with Crippen molar-refractivity contribution in [1.29, 1.82) is 0 Å². The molecule has 2 heterocycles. The smallest absolute Gasteiger partial charge is 0.257 e. The lowest BCUT2D eigenvalue weighted by Gasteiger charge is -2.18. The average Bonchev–Trinajstić information content (AvgIpc) is 2.54. The minimum atomic E-state index is -0.665. The number of nitrogens with one attached hydrogen (secondary N) is 1. The number of amides is 2. The van der Waals surface area contributed by atoms with Crippen LogP contribution in [-0.2, 0) is 4.79 Å². The van der Waals surface area contributed by atoms with Gasteiger partial charge in [0, 0.05) is 19.3 Å². The van der Waals surface area contributed by atoms with Crippen molar-refractivity contribution >= 4 is 11.8 Å². The van der Waals surface area contributed by atoms with Crippen molar-refractivity contribution in [2.45, 2.75) is 6.42 Å². The highest BCUT2D eigenvalue weighted by atomic mass is 19.1. The minimum Gasteiger partial charge on any atom is -0.354 e. The van der Waals surface area contributed by atoms with E-state index in [0.717, 1.165) is 6.20 Å². The fourth-order valence-corrected chi connectivity index (χ4v) is 1.70. The van der Waals surface area contributed by atoms with Gasteiger partial charge in [0.25, 0.3) is 5.91 Å². The lowest BCUT2D eigenvalue weighted by atomic mass is 10.2. The van der Waals surface area contributed by atoms with Gasteiger partial charge in [-0.3, -0.25) is 14.6 Å². The first kappa shape index (κ1) is 11.5. The molecule has 5 nitrogen and oxygen atoms in total. The molecule has 0 radical (unpaired) electrons. The summed E-state index contributed by atoms with van der Waals surface area (Å²) in [7, 11) is 0. The van der Waals surface area contributed by atoms with Crippen molar-refractivity contribution < 1.29 is 14.0 Å². The average molecular weight is 237 g/mol. The van der Waals surface area contributed by atoms with Gasteiger partial charge in [0.05, 0.1) is 18.3 Å². The van der Waals surface area contributed by atoms with E-state index in [4.69, 9.17) is 0 Å². The Kier molecular flexibility index (Phi) is 3.32. The molecule has 0 aromatic carbocycles. The number of pyridine rings is 1. The molecule has 1 aromatic rings. The number of hydrogen-bond donors (Lipinski definition) is 1. The van der Waals surface area contributed by atoms with Crippen LogP contribution in [-0.4, -0.2) is 41.3 Å². The van der Waals surface area contributed by atoms with E-state index in [9.17, 15) is 14.0 Å². The third-order valence-corrected chi connectivity index (χ3v) is 2.55. The molecule has 2 rings (SSSR count). The van der Waals surface area contributed by atoms with Crippen LogP contribution < -0.4 is 5.32 Å². The van der Waals surface area contributed by atoms with Crippen LogP contribution in [0.1, 0.15) is 16.8 Å². The molecule has 2 amide bonds. The largest absolute Gasteiger partial charge is 0.354 e. The summed E-state index contributed by atoms with van der Waals surface area (Å²) >= 11 is 0. The molecule has 1 aliphatic rings. The van der Waals surface area contributed by atoms with Crippen molar-refractivity contribution in [2.75, 3.05) is 19.6 Å². The summed E-state index contributed by atoms with van der Waals surface area (Å²) in [5.74, 6) is -1.35. The Morgan fingerprint density at radius 2 is 2.35 bits per heavy atom. The van der Waals surface area contributed by atoms with Crippen LogP contribution in [0, 0.1) is 5.82 Å². The number of nitrogens with zero attached hydrogens (tertiary/aromatic N) is 2. The van der Waals surface area contributed by atoms with E-state index in [-0.39, 0.29) is 18.0 Å². The minimum absolute atomic E-state index is 0.0272. The van der Waals surface area contributed by atoms with Crippen LogP contribution in [0.4, 0.5) is 4.39 Å². The van der Waals surface area contributed by atoms with Gasteiger partial charge in [0.2, 0.25) is 5.91 Å². The fraction of sp³-hybridized carbons (Fsp3) is 0.364. The van der Waals surface area contributed by atoms with Crippen molar-refractivity contribution in [3.63, 3.8) is 0 Å². The number of aromatic nitrogens is 1. The molecular weight excluding hydrogens is 225 g/mol. The van der Waals surface area contributed by atoms with Crippen LogP contribution in [0.15, 0.2) is 18.5 Å². The second kappa shape index (κ2) is 4.90. The van der Waals surface area contributed by atoms with E-state index in [0.29, 0.717) is 19.5 Å². The predicted molar refractivity (Wildman–Crippen MR) is 57.7 cm³/mol. The maximum atomic E-state index is 13.4. The summed E-state index contributed by atoms with van der Waals surface area (Å²) in [4.78, 5) is 28.2. The second-order valence-electron chi connectivity index (χ2n) is 3.79. The molecule has 0 atom stereocenters. The van der Waals surface area contributed by atoms with Gasteiger partial charge in [0.1, 0.15) is 0 Å². The molecule has 1 N–H and O–H groups in total. The zero-order valence-electron chi connectivity index (χ0n) is 9.15. The van der Waals surface area contributed by atoms with E-state index in [2.05, 4.69) is 10.3 Å². The number of halogens is 1. The van der Waals surface area contributed by atoms with Gasteiger partial charge in [-0.1, -0.05) is 0 Å². The van der Waals surface area contributed by atoms with Crippen molar-refractivity contribution in [2.24, 2.45) is 0 Å². The van der Waals surface area contributed by atoms with Gasteiger partial charge in [-0.15, -0.1) is 0 Å². The molecule has 0 unspecified atom stereocenters. The molecular formula is C11H12FN3O2. The molecule has 1 saturated heterocycles. The standard InChI is InChI=1S/C11H12FN3O2/c12-9-6-13-4-2-8(9)11(17)15-5-1-3-14-10(16)7-15/h2,4,6H,1,3,5,7H2,(H,14,16). The number of carbonyl (C=O) groups is 2. The predicted octanol–water partition coefficient (Wildman–Crippen LogP) is 0.183. The molecule has 1 aliphatic heterocycles. The van der Waals surface area contributed by atoms with Gasteiger partial charge in [-0.25, -0.2) is 4.39 Å². The molecule has 1 fully saturated rings. The lowest BCUT2D eigenvalue weighted by Crippen LogP contribution is -2.37. The Bertz CT molecular complexity index is 450. The lowest BCUT2D eigenvalue weighted by molar-refractivity contribution is -0.121. The third kappa shape index (κ3) is 2.58. The number of carbonyl (C=O) groups excluding carboxylic acids is 2. The monoisotopic (exact) mass is 237 g/mol. The van der Waals surface area contributed by atoms with Gasteiger partial charge >= 0.3 is 0 Å². The quantitative estimate of drug-likeness (QED) is 0.758. The zero-order valence-corrected chi connectivity index (χ0v) is 9.15. The maximum Gasteiger partial charge on any atom is 0.257 e. The molecule has 6 heteroatoms.